The number of ether oxygens (including phenoxy) is 3. The number of fused-ring (bicyclic) bond motifs is 1. The van der Waals surface area contributed by atoms with Crippen LogP contribution in [0.3, 0.4) is 0 Å². The van der Waals surface area contributed by atoms with Crippen LogP contribution >= 0.6 is 34.3 Å². The SMILES string of the molecule is CCOC(=O)C1=C(C)N=c2s/c(=C\c3cc(Cl)c(OCc4ccccc4C#N)c(OC)c3)c(=O)n2[C@@H]1c1cccs1. The van der Waals surface area contributed by atoms with E-state index in [1.165, 1.54) is 29.8 Å². The number of carbonyl (C=O) groups excluding carboxylic acids is 1. The fourth-order valence-electron chi connectivity index (χ4n) is 4.53. The smallest absolute Gasteiger partial charge is 0.338 e. The number of nitriles is 1. The van der Waals surface area contributed by atoms with Crippen molar-refractivity contribution in [2.45, 2.75) is 26.5 Å². The van der Waals surface area contributed by atoms with E-state index in [-0.39, 0.29) is 23.8 Å². The number of rotatable bonds is 8. The lowest BCUT2D eigenvalue weighted by molar-refractivity contribution is -0.139. The van der Waals surface area contributed by atoms with Crippen molar-refractivity contribution in [1.82, 2.24) is 4.57 Å². The van der Waals surface area contributed by atoms with E-state index in [4.69, 9.17) is 25.8 Å². The standard InChI is InChI=1S/C30H24ClN3O5S2/c1-4-38-29(36)25-17(2)33-30-34(26(25)23-10-7-11-40-23)28(35)24(41-30)14-18-12-21(31)27(22(13-18)37-3)39-16-20-9-6-5-8-19(20)15-32/h5-14,26H,4,16H2,1-3H3/b24-14-/t26-/m1/s1. The average Bonchev–Trinajstić information content (AvgIpc) is 3.60. The number of thiazole rings is 1. The van der Waals surface area contributed by atoms with E-state index in [1.54, 1.807) is 48.8 Å². The van der Waals surface area contributed by atoms with Crippen molar-refractivity contribution in [3.8, 4) is 17.6 Å². The molecule has 5 rings (SSSR count). The molecule has 1 aliphatic heterocycles. The van der Waals surface area contributed by atoms with E-state index >= 15 is 0 Å². The molecule has 3 heterocycles. The van der Waals surface area contributed by atoms with Gasteiger partial charge in [0, 0.05) is 10.4 Å². The molecule has 4 aromatic rings. The molecule has 41 heavy (non-hydrogen) atoms. The van der Waals surface area contributed by atoms with Gasteiger partial charge in [0.1, 0.15) is 12.6 Å². The molecule has 0 spiro atoms. The number of halogens is 1. The van der Waals surface area contributed by atoms with Crippen LogP contribution < -0.4 is 24.4 Å². The van der Waals surface area contributed by atoms with Crippen molar-refractivity contribution in [1.29, 1.82) is 5.26 Å². The summed E-state index contributed by atoms with van der Waals surface area (Å²) in [5.74, 6) is 0.210. The highest BCUT2D eigenvalue weighted by Crippen LogP contribution is 2.37. The lowest BCUT2D eigenvalue weighted by Gasteiger charge is -2.23. The molecule has 1 aliphatic rings. The number of hydrogen-bond acceptors (Lipinski definition) is 9. The number of thiophene rings is 1. The largest absolute Gasteiger partial charge is 0.493 e. The molecule has 8 nitrogen and oxygen atoms in total. The Kier molecular flexibility index (Phi) is 8.40. The number of nitrogens with zero attached hydrogens (tertiary/aromatic N) is 3. The molecule has 208 valence electrons. The Hall–Kier alpha value is -4.17. The van der Waals surface area contributed by atoms with E-state index in [2.05, 4.69) is 11.1 Å². The van der Waals surface area contributed by atoms with Crippen molar-refractivity contribution in [3.63, 3.8) is 0 Å². The molecule has 1 atom stereocenters. The lowest BCUT2D eigenvalue weighted by Crippen LogP contribution is -2.39. The summed E-state index contributed by atoms with van der Waals surface area (Å²) in [5, 5.41) is 11.6. The second-order valence-corrected chi connectivity index (χ2v) is 11.3. The molecule has 0 bridgehead atoms. The first-order valence-electron chi connectivity index (χ1n) is 12.6. The van der Waals surface area contributed by atoms with Gasteiger partial charge in [0.25, 0.3) is 5.56 Å². The predicted molar refractivity (Wildman–Crippen MR) is 158 cm³/mol. The van der Waals surface area contributed by atoms with E-state index in [1.807, 2.05) is 29.6 Å². The van der Waals surface area contributed by atoms with Gasteiger partial charge in [0.05, 0.1) is 46.2 Å². The van der Waals surface area contributed by atoms with Gasteiger partial charge in [-0.25, -0.2) is 9.79 Å². The third kappa shape index (κ3) is 5.57. The van der Waals surface area contributed by atoms with Crippen LogP contribution in [0.2, 0.25) is 5.02 Å². The summed E-state index contributed by atoms with van der Waals surface area (Å²) in [6.45, 7) is 3.83. The van der Waals surface area contributed by atoms with Crippen molar-refractivity contribution in [3.05, 3.63) is 111 Å². The Balaban J connectivity index is 1.55. The van der Waals surface area contributed by atoms with Crippen molar-refractivity contribution >= 4 is 46.3 Å². The van der Waals surface area contributed by atoms with E-state index in [0.717, 1.165) is 10.4 Å². The molecular formula is C30H24ClN3O5S2. The highest BCUT2D eigenvalue weighted by Gasteiger charge is 2.33. The first kappa shape index (κ1) is 28.4. The van der Waals surface area contributed by atoms with Crippen molar-refractivity contribution in [2.24, 2.45) is 4.99 Å². The molecule has 0 unspecified atom stereocenters. The number of allylic oxidation sites excluding steroid dienone is 1. The number of carbonyl (C=O) groups is 1. The summed E-state index contributed by atoms with van der Waals surface area (Å²) < 4.78 is 18.8. The minimum absolute atomic E-state index is 0.128. The topological polar surface area (TPSA) is 103 Å². The molecule has 11 heteroatoms. The summed E-state index contributed by atoms with van der Waals surface area (Å²) in [6.07, 6.45) is 1.71. The zero-order valence-corrected chi connectivity index (χ0v) is 24.7. The number of benzene rings is 2. The normalized spacial score (nSPS) is 14.7. The molecule has 2 aromatic carbocycles. The molecule has 0 aliphatic carbocycles. The molecule has 0 saturated carbocycles. The quantitative estimate of drug-likeness (QED) is 0.263. The molecule has 0 radical (unpaired) electrons. The van der Waals surface area contributed by atoms with Crippen LogP contribution in [0.4, 0.5) is 0 Å². The van der Waals surface area contributed by atoms with Gasteiger partial charge in [-0.1, -0.05) is 47.2 Å². The fraction of sp³-hybridized carbons (Fsp3) is 0.200. The maximum atomic E-state index is 13.8. The Morgan fingerprint density at radius 1 is 1.24 bits per heavy atom. The highest BCUT2D eigenvalue weighted by atomic mass is 35.5. The van der Waals surface area contributed by atoms with Crippen LogP contribution in [-0.4, -0.2) is 24.3 Å². The van der Waals surface area contributed by atoms with E-state index in [9.17, 15) is 14.9 Å². The van der Waals surface area contributed by atoms with Crippen LogP contribution in [0.5, 0.6) is 11.5 Å². The summed E-state index contributed by atoms with van der Waals surface area (Å²) in [4.78, 5) is 32.6. The molecule has 2 aromatic heterocycles. The Morgan fingerprint density at radius 3 is 2.76 bits per heavy atom. The molecule has 0 N–H and O–H groups in total. The van der Waals surface area contributed by atoms with Gasteiger partial charge in [-0.2, -0.15) is 5.26 Å². The molecule has 0 amide bonds. The van der Waals surface area contributed by atoms with Gasteiger partial charge in [0.15, 0.2) is 16.3 Å². The van der Waals surface area contributed by atoms with E-state index in [0.29, 0.717) is 43.2 Å². The predicted octanol–water partition coefficient (Wildman–Crippen LogP) is 4.97. The van der Waals surface area contributed by atoms with Crippen LogP contribution in [0.25, 0.3) is 6.08 Å². The van der Waals surface area contributed by atoms with Crippen molar-refractivity contribution < 1.29 is 19.0 Å². The summed E-state index contributed by atoms with van der Waals surface area (Å²) in [6, 6.07) is 15.8. The number of methoxy groups -OCH3 is 1. The first-order valence-corrected chi connectivity index (χ1v) is 14.6. The van der Waals surface area contributed by atoms with Gasteiger partial charge in [-0.15, -0.1) is 11.3 Å². The van der Waals surface area contributed by atoms with Gasteiger partial charge in [-0.05, 0) is 55.1 Å². The minimum atomic E-state index is -0.641. The van der Waals surface area contributed by atoms with Crippen molar-refractivity contribution in [2.75, 3.05) is 13.7 Å². The first-order chi connectivity index (χ1) is 19.9. The Morgan fingerprint density at radius 2 is 2.05 bits per heavy atom. The zero-order chi connectivity index (χ0) is 29.1. The summed E-state index contributed by atoms with van der Waals surface area (Å²) >= 11 is 9.29. The minimum Gasteiger partial charge on any atom is -0.493 e. The second kappa shape index (κ2) is 12.1. The van der Waals surface area contributed by atoms with Gasteiger partial charge < -0.3 is 14.2 Å². The lowest BCUT2D eigenvalue weighted by atomic mass is 10.0. The zero-order valence-electron chi connectivity index (χ0n) is 22.3. The third-order valence-corrected chi connectivity index (χ3v) is 8.58. The molecule has 0 saturated heterocycles. The van der Waals surface area contributed by atoms with Gasteiger partial charge in [-0.3, -0.25) is 9.36 Å². The van der Waals surface area contributed by atoms with Crippen LogP contribution in [0.1, 0.15) is 41.5 Å². The van der Waals surface area contributed by atoms with Crippen LogP contribution in [0, 0.1) is 11.3 Å². The maximum Gasteiger partial charge on any atom is 0.338 e. The summed E-state index contributed by atoms with van der Waals surface area (Å²) in [7, 11) is 1.50. The Labute approximate surface area is 248 Å². The maximum absolute atomic E-state index is 13.8. The highest BCUT2D eigenvalue weighted by molar-refractivity contribution is 7.10. The number of aromatic nitrogens is 1. The van der Waals surface area contributed by atoms with Gasteiger partial charge in [0.2, 0.25) is 0 Å². The molecular weight excluding hydrogens is 582 g/mol. The fourth-order valence-corrected chi connectivity index (χ4v) is 6.67. The second-order valence-electron chi connectivity index (χ2n) is 8.91. The van der Waals surface area contributed by atoms with Gasteiger partial charge >= 0.3 is 5.97 Å². The summed E-state index contributed by atoms with van der Waals surface area (Å²) in [5.41, 5.74) is 2.42. The Bertz CT molecular complexity index is 1880. The van der Waals surface area contributed by atoms with E-state index < -0.39 is 12.0 Å². The van der Waals surface area contributed by atoms with Crippen LogP contribution in [0.15, 0.2) is 75.0 Å². The van der Waals surface area contributed by atoms with Crippen LogP contribution in [-0.2, 0) is 16.1 Å². The average molecular weight is 606 g/mol. The number of esters is 1. The number of hydrogen-bond donors (Lipinski definition) is 0. The third-order valence-electron chi connectivity index (χ3n) is 6.39. The molecule has 0 fully saturated rings. The monoisotopic (exact) mass is 605 g/mol.